The molecule has 1 unspecified atom stereocenters. The molecule has 1 heterocycles. The van der Waals surface area contributed by atoms with E-state index in [2.05, 4.69) is 0 Å². The van der Waals surface area contributed by atoms with Crippen molar-refractivity contribution in [1.29, 1.82) is 0 Å². The Hall–Kier alpha value is -2.03. The number of hydrogen-bond donors (Lipinski definition) is 1. The summed E-state index contributed by atoms with van der Waals surface area (Å²) in [6, 6.07) is 10.9. The fourth-order valence-corrected chi connectivity index (χ4v) is 2.19. The fraction of sp³-hybridized carbons (Fsp3) is 0.353. The van der Waals surface area contributed by atoms with Crippen molar-refractivity contribution in [3.63, 3.8) is 0 Å². The number of rotatable bonds is 2. The van der Waals surface area contributed by atoms with Crippen LogP contribution >= 0.6 is 0 Å². The van der Waals surface area contributed by atoms with E-state index in [1.54, 1.807) is 10.6 Å². The Labute approximate surface area is 120 Å². The molecule has 0 amide bonds. The number of benzene rings is 1. The van der Waals surface area contributed by atoms with E-state index < -0.39 is 0 Å². The summed E-state index contributed by atoms with van der Waals surface area (Å²) in [7, 11) is 0. The van der Waals surface area contributed by atoms with Gasteiger partial charge in [-0.3, -0.25) is 4.79 Å². The molecule has 0 saturated carbocycles. The Morgan fingerprint density at radius 1 is 1.05 bits per heavy atom. The largest absolute Gasteiger partial charge is 0.508 e. The SMILES string of the molecule is CC.Cc1ccc(C(C)n2c(C)cc(O)cc2=O)cc1. The zero-order valence-electron chi connectivity index (χ0n) is 12.8. The van der Waals surface area contributed by atoms with Gasteiger partial charge in [-0.25, -0.2) is 0 Å². The average molecular weight is 273 g/mol. The fourth-order valence-electron chi connectivity index (χ4n) is 2.19. The zero-order valence-corrected chi connectivity index (χ0v) is 12.8. The highest BCUT2D eigenvalue weighted by molar-refractivity contribution is 5.27. The number of aromatic hydroxyl groups is 1. The summed E-state index contributed by atoms with van der Waals surface area (Å²) in [6.07, 6.45) is 0. The Balaban J connectivity index is 0.000000956. The monoisotopic (exact) mass is 273 g/mol. The van der Waals surface area contributed by atoms with Crippen LogP contribution in [-0.4, -0.2) is 9.67 Å². The van der Waals surface area contributed by atoms with Gasteiger partial charge in [0.2, 0.25) is 0 Å². The van der Waals surface area contributed by atoms with Gasteiger partial charge < -0.3 is 9.67 Å². The summed E-state index contributed by atoms with van der Waals surface area (Å²) in [4.78, 5) is 11.9. The van der Waals surface area contributed by atoms with Crippen molar-refractivity contribution in [3.05, 3.63) is 63.6 Å². The van der Waals surface area contributed by atoms with E-state index in [-0.39, 0.29) is 17.4 Å². The van der Waals surface area contributed by atoms with E-state index in [1.165, 1.54) is 11.6 Å². The van der Waals surface area contributed by atoms with Crippen molar-refractivity contribution in [1.82, 2.24) is 4.57 Å². The number of pyridine rings is 1. The van der Waals surface area contributed by atoms with E-state index >= 15 is 0 Å². The van der Waals surface area contributed by atoms with Crippen molar-refractivity contribution in [2.75, 3.05) is 0 Å². The molecule has 0 bridgehead atoms. The first-order valence-electron chi connectivity index (χ1n) is 6.98. The predicted molar refractivity (Wildman–Crippen MR) is 83.4 cm³/mol. The van der Waals surface area contributed by atoms with Gasteiger partial charge in [0.25, 0.3) is 5.56 Å². The van der Waals surface area contributed by atoms with E-state index in [0.29, 0.717) is 0 Å². The summed E-state index contributed by atoms with van der Waals surface area (Å²) < 4.78 is 1.68. The van der Waals surface area contributed by atoms with Gasteiger partial charge in [-0.05, 0) is 32.4 Å². The first kappa shape index (κ1) is 16.0. The van der Waals surface area contributed by atoms with Crippen LogP contribution in [0.3, 0.4) is 0 Å². The third kappa shape index (κ3) is 3.50. The molecule has 20 heavy (non-hydrogen) atoms. The van der Waals surface area contributed by atoms with Gasteiger partial charge in [0, 0.05) is 11.8 Å². The van der Waals surface area contributed by atoms with Crippen LogP contribution in [0.25, 0.3) is 0 Å². The van der Waals surface area contributed by atoms with E-state index in [0.717, 1.165) is 11.3 Å². The van der Waals surface area contributed by atoms with Gasteiger partial charge in [-0.2, -0.15) is 0 Å². The third-order valence-corrected chi connectivity index (χ3v) is 3.19. The highest BCUT2D eigenvalue weighted by Crippen LogP contribution is 2.19. The minimum absolute atomic E-state index is 0.0184. The van der Waals surface area contributed by atoms with Crippen molar-refractivity contribution in [2.45, 2.75) is 40.7 Å². The molecule has 0 radical (unpaired) electrons. The van der Waals surface area contributed by atoms with Crippen LogP contribution in [0, 0.1) is 13.8 Å². The Bertz CT molecular complexity index is 612. The summed E-state index contributed by atoms with van der Waals surface area (Å²) in [5, 5.41) is 9.39. The van der Waals surface area contributed by atoms with Crippen LogP contribution in [0.15, 0.2) is 41.2 Å². The number of aromatic nitrogens is 1. The highest BCUT2D eigenvalue weighted by Gasteiger charge is 2.12. The molecule has 108 valence electrons. The van der Waals surface area contributed by atoms with E-state index in [9.17, 15) is 9.90 Å². The second kappa shape index (κ2) is 6.94. The molecule has 0 aliphatic carbocycles. The molecule has 3 heteroatoms. The van der Waals surface area contributed by atoms with Gasteiger partial charge in [0.05, 0.1) is 6.04 Å². The van der Waals surface area contributed by atoms with Gasteiger partial charge in [0.1, 0.15) is 5.75 Å². The predicted octanol–water partition coefficient (Wildman–Crippen LogP) is 3.81. The standard InChI is InChI=1S/C15H17NO2.C2H6/c1-10-4-6-13(7-5-10)12(3)16-11(2)8-14(17)9-15(16)18;1-2/h4-9,12,17H,1-3H3;1-2H3. The topological polar surface area (TPSA) is 42.2 Å². The molecular weight excluding hydrogens is 250 g/mol. The summed E-state index contributed by atoms with van der Waals surface area (Å²) in [6.45, 7) is 9.84. The minimum atomic E-state index is -0.180. The van der Waals surface area contributed by atoms with Gasteiger partial charge >= 0.3 is 0 Å². The third-order valence-electron chi connectivity index (χ3n) is 3.19. The lowest BCUT2D eigenvalue weighted by Crippen LogP contribution is -2.25. The molecule has 1 aromatic carbocycles. The van der Waals surface area contributed by atoms with Crippen molar-refractivity contribution in [3.8, 4) is 5.75 Å². The summed E-state index contributed by atoms with van der Waals surface area (Å²) in [5.74, 6) is 0.0184. The molecule has 1 atom stereocenters. The van der Waals surface area contributed by atoms with Crippen molar-refractivity contribution in [2.24, 2.45) is 0 Å². The minimum Gasteiger partial charge on any atom is -0.508 e. The first-order chi connectivity index (χ1) is 9.49. The number of nitrogens with zero attached hydrogens (tertiary/aromatic N) is 1. The molecule has 2 aromatic rings. The van der Waals surface area contributed by atoms with Crippen LogP contribution in [-0.2, 0) is 0 Å². The van der Waals surface area contributed by atoms with Gasteiger partial charge in [0.15, 0.2) is 0 Å². The molecule has 1 aromatic heterocycles. The van der Waals surface area contributed by atoms with Crippen LogP contribution < -0.4 is 5.56 Å². The Morgan fingerprint density at radius 3 is 2.10 bits per heavy atom. The molecule has 3 nitrogen and oxygen atoms in total. The van der Waals surface area contributed by atoms with E-state index in [1.807, 2.05) is 58.9 Å². The number of hydrogen-bond acceptors (Lipinski definition) is 2. The molecule has 2 rings (SSSR count). The van der Waals surface area contributed by atoms with Crippen LogP contribution in [0.2, 0.25) is 0 Å². The summed E-state index contributed by atoms with van der Waals surface area (Å²) in [5.41, 5.74) is 2.85. The van der Waals surface area contributed by atoms with Crippen LogP contribution in [0.4, 0.5) is 0 Å². The Morgan fingerprint density at radius 2 is 1.60 bits per heavy atom. The smallest absolute Gasteiger partial charge is 0.254 e. The lowest BCUT2D eigenvalue weighted by atomic mass is 10.1. The van der Waals surface area contributed by atoms with Crippen LogP contribution in [0.1, 0.15) is 43.6 Å². The lowest BCUT2D eigenvalue weighted by Gasteiger charge is -2.18. The van der Waals surface area contributed by atoms with Gasteiger partial charge in [-0.1, -0.05) is 43.7 Å². The normalized spacial score (nSPS) is 11.4. The maximum absolute atomic E-state index is 11.9. The van der Waals surface area contributed by atoms with Crippen molar-refractivity contribution >= 4 is 0 Å². The van der Waals surface area contributed by atoms with E-state index in [4.69, 9.17) is 0 Å². The molecule has 0 aliphatic heterocycles. The molecule has 0 saturated heterocycles. The van der Waals surface area contributed by atoms with Gasteiger partial charge in [-0.15, -0.1) is 0 Å². The molecule has 0 aliphatic rings. The average Bonchev–Trinajstić information content (AvgIpc) is 2.40. The van der Waals surface area contributed by atoms with Crippen molar-refractivity contribution < 1.29 is 5.11 Å². The molecule has 1 N–H and O–H groups in total. The number of aryl methyl sites for hydroxylation is 2. The second-order valence-electron chi connectivity index (χ2n) is 4.65. The quantitative estimate of drug-likeness (QED) is 0.904. The maximum Gasteiger partial charge on any atom is 0.254 e. The highest BCUT2D eigenvalue weighted by atomic mass is 16.3. The molecular formula is C17H23NO2. The Kier molecular flexibility index (Phi) is 5.56. The maximum atomic E-state index is 11.9. The lowest BCUT2D eigenvalue weighted by molar-refractivity contribution is 0.467. The molecule has 0 spiro atoms. The zero-order chi connectivity index (χ0) is 15.3. The van der Waals surface area contributed by atoms with Crippen LogP contribution in [0.5, 0.6) is 5.75 Å². The summed E-state index contributed by atoms with van der Waals surface area (Å²) >= 11 is 0. The molecule has 0 fully saturated rings. The second-order valence-corrected chi connectivity index (χ2v) is 4.65. The first-order valence-corrected chi connectivity index (χ1v) is 6.98.